The van der Waals surface area contributed by atoms with Crippen molar-refractivity contribution in [3.8, 4) is 0 Å². The largest absolute Gasteiger partial charge is 0.368 e. The highest BCUT2D eigenvalue weighted by molar-refractivity contribution is 6.05. The maximum absolute atomic E-state index is 13.9. The molecule has 0 radical (unpaired) electrons. The first-order chi connectivity index (χ1) is 11.2. The van der Waals surface area contributed by atoms with Crippen molar-refractivity contribution in [3.05, 3.63) is 70.7 Å². The van der Waals surface area contributed by atoms with Crippen molar-refractivity contribution in [1.29, 1.82) is 0 Å². The summed E-state index contributed by atoms with van der Waals surface area (Å²) in [5.74, 6) is -0.404. The van der Waals surface area contributed by atoms with Crippen LogP contribution >= 0.6 is 0 Å². The van der Waals surface area contributed by atoms with E-state index in [-0.39, 0.29) is 0 Å². The molecule has 0 N–H and O–H groups in total. The van der Waals surface area contributed by atoms with Crippen LogP contribution in [0.2, 0.25) is 0 Å². The molecule has 4 rings (SSSR count). The van der Waals surface area contributed by atoms with E-state index in [0.29, 0.717) is 18.0 Å². The molecule has 3 heteroatoms. The van der Waals surface area contributed by atoms with Crippen molar-refractivity contribution >= 4 is 5.78 Å². The summed E-state index contributed by atoms with van der Waals surface area (Å²) in [6.45, 7) is 1.23. The molecule has 118 valence electrons. The van der Waals surface area contributed by atoms with Crippen LogP contribution in [0, 0.1) is 0 Å². The summed E-state index contributed by atoms with van der Waals surface area (Å²) in [5, 5.41) is 0. The molecular formula is C20H20FNO. The van der Waals surface area contributed by atoms with Gasteiger partial charge in [-0.15, -0.1) is 0 Å². The lowest BCUT2D eigenvalue weighted by molar-refractivity contribution is -0.112. The van der Waals surface area contributed by atoms with E-state index >= 15 is 0 Å². The summed E-state index contributed by atoms with van der Waals surface area (Å²) in [6, 6.07) is 8.78. The van der Waals surface area contributed by atoms with E-state index in [9.17, 15) is 9.18 Å². The molecule has 0 aromatic heterocycles. The van der Waals surface area contributed by atoms with Gasteiger partial charge >= 0.3 is 0 Å². The van der Waals surface area contributed by atoms with Gasteiger partial charge in [0.15, 0.2) is 5.83 Å². The van der Waals surface area contributed by atoms with Crippen LogP contribution in [0.5, 0.6) is 0 Å². The lowest BCUT2D eigenvalue weighted by Crippen LogP contribution is -2.16. The fourth-order valence-corrected chi connectivity index (χ4v) is 3.88. The molecular weight excluding hydrogens is 289 g/mol. The van der Waals surface area contributed by atoms with Crippen LogP contribution in [-0.4, -0.2) is 17.2 Å². The predicted molar refractivity (Wildman–Crippen MR) is 88.4 cm³/mol. The highest BCUT2D eigenvalue weighted by Gasteiger charge is 2.26. The van der Waals surface area contributed by atoms with Gasteiger partial charge in [-0.2, -0.15) is 0 Å². The lowest BCUT2D eigenvalue weighted by atomic mass is 9.96. The van der Waals surface area contributed by atoms with Crippen LogP contribution in [0.15, 0.2) is 59.6 Å². The zero-order valence-corrected chi connectivity index (χ0v) is 13.1. The maximum atomic E-state index is 13.9. The lowest BCUT2D eigenvalue weighted by Gasteiger charge is -2.17. The van der Waals surface area contributed by atoms with Gasteiger partial charge in [0.25, 0.3) is 0 Å². The summed E-state index contributed by atoms with van der Waals surface area (Å²) in [6.07, 6.45) is 10.2. The third-order valence-corrected chi connectivity index (χ3v) is 5.09. The Morgan fingerprint density at radius 2 is 2.00 bits per heavy atom. The van der Waals surface area contributed by atoms with Gasteiger partial charge in [-0.3, -0.25) is 4.79 Å². The monoisotopic (exact) mass is 309 g/mol. The summed E-state index contributed by atoms with van der Waals surface area (Å²) in [7, 11) is 0. The number of halogens is 1. The molecule has 1 heterocycles. The number of rotatable bonds is 3. The number of nitrogens with zero attached hydrogens (tertiary/aromatic N) is 1. The summed E-state index contributed by atoms with van der Waals surface area (Å²) >= 11 is 0. The van der Waals surface area contributed by atoms with E-state index in [1.54, 1.807) is 6.08 Å². The Morgan fingerprint density at radius 1 is 1.17 bits per heavy atom. The first kappa shape index (κ1) is 14.4. The van der Waals surface area contributed by atoms with Gasteiger partial charge in [-0.25, -0.2) is 4.39 Å². The standard InChI is InChI=1S/C20H20FNO/c21-20-18-13-22(12-17(18)8-9-19(20)23)11-14-4-3-7-16(10-14)15-5-1-2-6-15/h3-4,7-10,12,15H,1-2,5-6,11,13H2. The third kappa shape index (κ3) is 2.76. The van der Waals surface area contributed by atoms with Crippen LogP contribution in [0.25, 0.3) is 0 Å². The Kier molecular flexibility index (Phi) is 3.64. The number of benzene rings is 1. The van der Waals surface area contributed by atoms with Crippen LogP contribution < -0.4 is 0 Å². The molecule has 1 aromatic rings. The van der Waals surface area contributed by atoms with Gasteiger partial charge in [-0.1, -0.05) is 37.1 Å². The van der Waals surface area contributed by atoms with Crippen molar-refractivity contribution < 1.29 is 9.18 Å². The second kappa shape index (κ2) is 5.80. The van der Waals surface area contributed by atoms with Gasteiger partial charge in [-0.05, 0) is 47.6 Å². The number of hydrogen-bond donors (Lipinski definition) is 0. The highest BCUT2D eigenvalue weighted by atomic mass is 19.1. The van der Waals surface area contributed by atoms with Crippen LogP contribution in [0.4, 0.5) is 4.39 Å². The third-order valence-electron chi connectivity index (χ3n) is 5.09. The second-order valence-corrected chi connectivity index (χ2v) is 6.71. The average molecular weight is 309 g/mol. The number of hydrogen-bond acceptors (Lipinski definition) is 2. The smallest absolute Gasteiger partial charge is 0.214 e. The van der Waals surface area contributed by atoms with Crippen LogP contribution in [0.3, 0.4) is 0 Å². The van der Waals surface area contributed by atoms with Crippen molar-refractivity contribution in [3.63, 3.8) is 0 Å². The fraction of sp³-hybridized carbons (Fsp3) is 0.350. The molecule has 1 saturated carbocycles. The molecule has 0 saturated heterocycles. The van der Waals surface area contributed by atoms with Gasteiger partial charge in [0.1, 0.15) is 0 Å². The molecule has 1 fully saturated rings. The van der Waals surface area contributed by atoms with Gasteiger partial charge in [0.2, 0.25) is 5.78 Å². The van der Waals surface area contributed by atoms with Crippen molar-refractivity contribution in [1.82, 2.24) is 4.90 Å². The Morgan fingerprint density at radius 3 is 2.83 bits per heavy atom. The molecule has 2 aliphatic carbocycles. The molecule has 2 nitrogen and oxygen atoms in total. The minimum atomic E-state index is -0.596. The maximum Gasteiger partial charge on any atom is 0.214 e. The van der Waals surface area contributed by atoms with E-state index in [4.69, 9.17) is 0 Å². The first-order valence-corrected chi connectivity index (χ1v) is 8.37. The molecule has 0 unspecified atom stereocenters. The van der Waals surface area contributed by atoms with E-state index in [0.717, 1.165) is 12.1 Å². The Balaban J connectivity index is 1.52. The number of carbonyl (C=O) groups is 1. The van der Waals surface area contributed by atoms with Crippen LogP contribution in [0.1, 0.15) is 42.7 Å². The summed E-state index contributed by atoms with van der Waals surface area (Å²) in [4.78, 5) is 13.5. The van der Waals surface area contributed by atoms with Gasteiger partial charge in [0, 0.05) is 24.9 Å². The molecule has 23 heavy (non-hydrogen) atoms. The Labute approximate surface area is 136 Å². The highest BCUT2D eigenvalue weighted by Crippen LogP contribution is 2.35. The number of fused-ring (bicyclic) bond motifs is 1. The number of ketones is 1. The average Bonchev–Trinajstić information content (AvgIpc) is 3.21. The normalized spacial score (nSPS) is 21.2. The fourth-order valence-electron chi connectivity index (χ4n) is 3.88. The molecule has 0 spiro atoms. The zero-order chi connectivity index (χ0) is 15.8. The van der Waals surface area contributed by atoms with E-state index < -0.39 is 11.6 Å². The molecule has 0 bridgehead atoms. The SMILES string of the molecule is O=C1C=CC2=CN(Cc3cccc(C4CCCC4)c3)CC2=C1F. The first-order valence-electron chi connectivity index (χ1n) is 8.37. The quantitative estimate of drug-likeness (QED) is 0.824. The molecule has 3 aliphatic rings. The second-order valence-electron chi connectivity index (χ2n) is 6.71. The summed E-state index contributed by atoms with van der Waals surface area (Å²) < 4.78 is 13.9. The molecule has 1 aliphatic heterocycles. The topological polar surface area (TPSA) is 20.3 Å². The number of allylic oxidation sites excluding steroid dienone is 3. The van der Waals surface area contributed by atoms with Gasteiger partial charge < -0.3 is 4.90 Å². The van der Waals surface area contributed by atoms with Crippen LogP contribution in [-0.2, 0) is 11.3 Å². The molecule has 1 aromatic carbocycles. The molecule has 0 atom stereocenters. The predicted octanol–water partition coefficient (Wildman–Crippen LogP) is 4.41. The van der Waals surface area contributed by atoms with Crippen molar-refractivity contribution in [2.24, 2.45) is 0 Å². The van der Waals surface area contributed by atoms with Crippen molar-refractivity contribution in [2.45, 2.75) is 38.1 Å². The zero-order valence-electron chi connectivity index (χ0n) is 13.1. The van der Waals surface area contributed by atoms with E-state index in [1.165, 1.54) is 42.9 Å². The minimum absolute atomic E-state index is 0.477. The minimum Gasteiger partial charge on any atom is -0.368 e. The number of carbonyl (C=O) groups excluding carboxylic acids is 1. The molecule has 0 amide bonds. The van der Waals surface area contributed by atoms with E-state index in [2.05, 4.69) is 29.2 Å². The summed E-state index contributed by atoms with van der Waals surface area (Å²) in [5.41, 5.74) is 4.05. The van der Waals surface area contributed by atoms with E-state index in [1.807, 2.05) is 6.20 Å². The Bertz CT molecular complexity index is 738. The van der Waals surface area contributed by atoms with Crippen molar-refractivity contribution in [2.75, 3.05) is 6.54 Å². The van der Waals surface area contributed by atoms with Gasteiger partial charge in [0.05, 0.1) is 0 Å². The Hall–Kier alpha value is -2.16.